The molecule has 0 fully saturated rings. The highest BCUT2D eigenvalue weighted by molar-refractivity contribution is 5.28. The Hall–Kier alpha value is -0.820. The number of aryl methyl sites for hydroxylation is 1. The van der Waals surface area contributed by atoms with Gasteiger partial charge >= 0.3 is 0 Å². The summed E-state index contributed by atoms with van der Waals surface area (Å²) >= 11 is 0. The third kappa shape index (κ3) is 3.64. The van der Waals surface area contributed by atoms with Crippen LogP contribution in [0, 0.1) is 0 Å². The Balaban J connectivity index is 2.79. The van der Waals surface area contributed by atoms with Crippen LogP contribution in [0.2, 0.25) is 0 Å². The van der Waals surface area contributed by atoms with Gasteiger partial charge < -0.3 is 5.73 Å². The van der Waals surface area contributed by atoms with Gasteiger partial charge in [0.1, 0.15) is 0 Å². The summed E-state index contributed by atoms with van der Waals surface area (Å²) in [6.07, 6.45) is 3.41. The molecule has 1 heteroatoms. The van der Waals surface area contributed by atoms with E-state index < -0.39 is 0 Å². The van der Waals surface area contributed by atoms with Gasteiger partial charge in [-0.25, -0.2) is 0 Å². The summed E-state index contributed by atoms with van der Waals surface area (Å²) < 4.78 is 0. The molecule has 0 aliphatic carbocycles. The van der Waals surface area contributed by atoms with Gasteiger partial charge in [-0.2, -0.15) is 0 Å². The summed E-state index contributed by atoms with van der Waals surface area (Å²) in [4.78, 5) is 0. The van der Waals surface area contributed by atoms with Crippen molar-refractivity contribution in [1.29, 1.82) is 0 Å². The molecule has 1 aromatic rings. The zero-order valence-corrected chi connectivity index (χ0v) is 11.1. The van der Waals surface area contributed by atoms with E-state index in [9.17, 15) is 0 Å². The van der Waals surface area contributed by atoms with Gasteiger partial charge in [-0.15, -0.1) is 0 Å². The van der Waals surface area contributed by atoms with Gasteiger partial charge in [0.25, 0.3) is 0 Å². The summed E-state index contributed by atoms with van der Waals surface area (Å²) in [7, 11) is 0. The largest absolute Gasteiger partial charge is 0.328 e. The summed E-state index contributed by atoms with van der Waals surface area (Å²) in [5.41, 5.74) is 8.90. The molecular weight excluding hydrogens is 194 g/mol. The number of benzene rings is 1. The van der Waals surface area contributed by atoms with E-state index in [0.717, 1.165) is 6.42 Å². The molecule has 0 saturated heterocycles. The van der Waals surface area contributed by atoms with Gasteiger partial charge in [0, 0.05) is 6.04 Å². The molecule has 16 heavy (non-hydrogen) atoms. The third-order valence-electron chi connectivity index (χ3n) is 3.11. The van der Waals surface area contributed by atoms with Gasteiger partial charge in [-0.1, -0.05) is 51.5 Å². The molecule has 2 N–H and O–H groups in total. The molecule has 0 radical (unpaired) electrons. The Kier molecular flexibility index (Phi) is 4.55. The molecule has 0 bridgehead atoms. The van der Waals surface area contributed by atoms with Crippen molar-refractivity contribution < 1.29 is 0 Å². The van der Waals surface area contributed by atoms with E-state index >= 15 is 0 Å². The molecule has 0 heterocycles. The Labute approximate surface area is 100 Å². The fraction of sp³-hybridized carbons (Fsp3) is 0.600. The summed E-state index contributed by atoms with van der Waals surface area (Å²) in [5.74, 6) is 0. The van der Waals surface area contributed by atoms with Crippen LogP contribution in [0.3, 0.4) is 0 Å². The van der Waals surface area contributed by atoms with Crippen LogP contribution in [0.1, 0.15) is 51.7 Å². The molecule has 1 aromatic carbocycles. The minimum atomic E-state index is 0.179. The lowest BCUT2D eigenvalue weighted by Crippen LogP contribution is -2.28. The molecule has 0 spiro atoms. The van der Waals surface area contributed by atoms with Gasteiger partial charge in [0.2, 0.25) is 0 Å². The number of hydrogen-bond donors (Lipinski definition) is 1. The predicted molar refractivity (Wildman–Crippen MR) is 71.7 cm³/mol. The molecular formula is C15H25N. The maximum Gasteiger partial charge on any atom is 0.00187 e. The zero-order valence-electron chi connectivity index (χ0n) is 11.1. The Morgan fingerprint density at radius 2 is 1.75 bits per heavy atom. The quantitative estimate of drug-likeness (QED) is 0.803. The second-order valence-corrected chi connectivity index (χ2v) is 5.51. The summed E-state index contributed by atoms with van der Waals surface area (Å²) in [6.45, 7) is 8.83. The van der Waals surface area contributed by atoms with Crippen molar-refractivity contribution in [2.45, 2.75) is 58.4 Å². The molecule has 1 rings (SSSR count). The minimum Gasteiger partial charge on any atom is -0.328 e. The van der Waals surface area contributed by atoms with Crippen LogP contribution < -0.4 is 5.73 Å². The third-order valence-corrected chi connectivity index (χ3v) is 3.11. The van der Waals surface area contributed by atoms with E-state index in [-0.39, 0.29) is 11.5 Å². The normalized spacial score (nSPS) is 13.8. The van der Waals surface area contributed by atoms with Crippen LogP contribution in [0.5, 0.6) is 0 Å². The van der Waals surface area contributed by atoms with Crippen LogP contribution in [-0.4, -0.2) is 6.04 Å². The van der Waals surface area contributed by atoms with Crippen molar-refractivity contribution in [3.8, 4) is 0 Å². The first-order valence-electron chi connectivity index (χ1n) is 6.30. The second-order valence-electron chi connectivity index (χ2n) is 5.51. The Bertz CT molecular complexity index is 309. The van der Waals surface area contributed by atoms with E-state index in [4.69, 9.17) is 5.73 Å². The maximum absolute atomic E-state index is 5.89. The highest BCUT2D eigenvalue weighted by Crippen LogP contribution is 2.28. The van der Waals surface area contributed by atoms with E-state index in [1.54, 1.807) is 0 Å². The van der Waals surface area contributed by atoms with Crippen molar-refractivity contribution >= 4 is 0 Å². The van der Waals surface area contributed by atoms with Crippen molar-refractivity contribution in [2.24, 2.45) is 5.73 Å². The first-order valence-corrected chi connectivity index (χ1v) is 6.30. The first kappa shape index (κ1) is 13.2. The van der Waals surface area contributed by atoms with Crippen molar-refractivity contribution in [1.82, 2.24) is 0 Å². The van der Waals surface area contributed by atoms with E-state index in [1.807, 2.05) is 0 Å². The standard InChI is InChI=1S/C15H25N/c1-5-6-13-7-9-14(10-8-13)15(3,4)11-12(2)16/h7-10,12H,5-6,11,16H2,1-4H3. The maximum atomic E-state index is 5.89. The highest BCUT2D eigenvalue weighted by Gasteiger charge is 2.21. The average molecular weight is 219 g/mol. The van der Waals surface area contributed by atoms with Crippen LogP contribution in [0.4, 0.5) is 0 Å². The van der Waals surface area contributed by atoms with Crippen LogP contribution >= 0.6 is 0 Å². The second kappa shape index (κ2) is 5.49. The molecule has 1 atom stereocenters. The summed E-state index contributed by atoms with van der Waals surface area (Å²) in [5, 5.41) is 0. The van der Waals surface area contributed by atoms with Gasteiger partial charge in [-0.05, 0) is 36.3 Å². The summed E-state index contributed by atoms with van der Waals surface area (Å²) in [6, 6.07) is 9.27. The lowest BCUT2D eigenvalue weighted by molar-refractivity contribution is 0.437. The average Bonchev–Trinajstić information content (AvgIpc) is 2.17. The monoisotopic (exact) mass is 219 g/mol. The first-order chi connectivity index (χ1) is 7.45. The van der Waals surface area contributed by atoms with Crippen molar-refractivity contribution in [2.75, 3.05) is 0 Å². The molecule has 1 unspecified atom stereocenters. The van der Waals surface area contributed by atoms with Crippen LogP contribution in [0.15, 0.2) is 24.3 Å². The number of hydrogen-bond acceptors (Lipinski definition) is 1. The van der Waals surface area contributed by atoms with Gasteiger partial charge in [0.05, 0.1) is 0 Å². The molecule has 1 nitrogen and oxygen atoms in total. The SMILES string of the molecule is CCCc1ccc(C(C)(C)CC(C)N)cc1. The molecule has 0 aromatic heterocycles. The smallest absolute Gasteiger partial charge is 0.00187 e. The topological polar surface area (TPSA) is 26.0 Å². The van der Waals surface area contributed by atoms with Crippen LogP contribution in [0.25, 0.3) is 0 Å². The highest BCUT2D eigenvalue weighted by atomic mass is 14.6. The lowest BCUT2D eigenvalue weighted by atomic mass is 9.79. The molecule has 0 saturated carbocycles. The Morgan fingerprint density at radius 3 is 2.19 bits per heavy atom. The van der Waals surface area contributed by atoms with Crippen molar-refractivity contribution in [3.63, 3.8) is 0 Å². The van der Waals surface area contributed by atoms with Crippen molar-refractivity contribution in [3.05, 3.63) is 35.4 Å². The molecule has 90 valence electrons. The van der Waals surface area contributed by atoms with Gasteiger partial charge in [-0.3, -0.25) is 0 Å². The fourth-order valence-electron chi connectivity index (χ4n) is 2.33. The molecule has 0 amide bonds. The van der Waals surface area contributed by atoms with E-state index in [1.165, 1.54) is 24.0 Å². The predicted octanol–water partition coefficient (Wildman–Crippen LogP) is 3.65. The Morgan fingerprint density at radius 1 is 1.19 bits per heavy atom. The van der Waals surface area contributed by atoms with Crippen LogP contribution in [-0.2, 0) is 11.8 Å². The number of rotatable bonds is 5. The van der Waals surface area contributed by atoms with E-state index in [2.05, 4.69) is 52.0 Å². The fourth-order valence-corrected chi connectivity index (χ4v) is 2.33. The van der Waals surface area contributed by atoms with E-state index in [0.29, 0.717) is 0 Å². The molecule has 0 aliphatic heterocycles. The molecule has 0 aliphatic rings. The number of nitrogens with two attached hydrogens (primary N) is 1. The zero-order chi connectivity index (χ0) is 12.2. The van der Waals surface area contributed by atoms with Gasteiger partial charge in [0.15, 0.2) is 0 Å². The lowest BCUT2D eigenvalue weighted by Gasteiger charge is -2.27. The minimum absolute atomic E-state index is 0.179.